The smallest absolute Gasteiger partial charge is 0.327 e. The van der Waals surface area contributed by atoms with Gasteiger partial charge in [-0.1, -0.05) is 18.7 Å². The van der Waals surface area contributed by atoms with Gasteiger partial charge in [-0.05, 0) is 31.2 Å². The van der Waals surface area contributed by atoms with E-state index in [0.717, 1.165) is 12.2 Å². The first-order chi connectivity index (χ1) is 10.8. The highest BCUT2D eigenvalue weighted by atomic mass is 19.4. The summed E-state index contributed by atoms with van der Waals surface area (Å²) in [4.78, 5) is 4.35. The summed E-state index contributed by atoms with van der Waals surface area (Å²) in [6, 6.07) is 6.95. The Hall–Kier alpha value is -2.81. The highest BCUT2D eigenvalue weighted by molar-refractivity contribution is 5.83. The fourth-order valence-corrected chi connectivity index (χ4v) is 2.23. The molecule has 1 aromatic heterocycles. The van der Waals surface area contributed by atoms with Gasteiger partial charge in [0, 0.05) is 12.6 Å². The van der Waals surface area contributed by atoms with Crippen LogP contribution in [-0.4, -0.2) is 15.7 Å². The van der Waals surface area contributed by atoms with Gasteiger partial charge in [0.25, 0.3) is 0 Å². The van der Waals surface area contributed by atoms with E-state index in [4.69, 9.17) is 5.26 Å². The Balaban J connectivity index is 2.64. The molecule has 0 atom stereocenters. The van der Waals surface area contributed by atoms with Crippen molar-refractivity contribution in [3.05, 3.63) is 60.0 Å². The van der Waals surface area contributed by atoms with Gasteiger partial charge in [-0.25, -0.2) is 4.98 Å². The molecule has 0 aliphatic heterocycles. The molecule has 0 spiro atoms. The van der Waals surface area contributed by atoms with Gasteiger partial charge in [0.1, 0.15) is 5.82 Å². The second-order valence-corrected chi connectivity index (χ2v) is 4.86. The summed E-state index contributed by atoms with van der Waals surface area (Å²) in [5.41, 5.74) is 1.22. The van der Waals surface area contributed by atoms with Gasteiger partial charge in [-0.3, -0.25) is 0 Å². The SMILES string of the molecule is C=CC(=CC(=CC)C(F)(F)F)c1nc2ccc(C#N)cc2n1C. The number of aryl methyl sites for hydroxylation is 1. The number of nitriles is 1. The second-order valence-electron chi connectivity index (χ2n) is 4.86. The number of rotatable bonds is 3. The van der Waals surface area contributed by atoms with E-state index in [9.17, 15) is 13.2 Å². The average Bonchev–Trinajstić information content (AvgIpc) is 2.83. The van der Waals surface area contributed by atoms with Crippen LogP contribution in [0.25, 0.3) is 16.6 Å². The van der Waals surface area contributed by atoms with Crippen LogP contribution in [0.15, 0.2) is 48.6 Å². The average molecular weight is 317 g/mol. The minimum absolute atomic E-state index is 0.257. The first-order valence-electron chi connectivity index (χ1n) is 6.76. The van der Waals surface area contributed by atoms with Gasteiger partial charge in [-0.2, -0.15) is 18.4 Å². The molecular formula is C17H14F3N3. The van der Waals surface area contributed by atoms with Gasteiger partial charge in [0.15, 0.2) is 0 Å². The van der Waals surface area contributed by atoms with E-state index in [-0.39, 0.29) is 5.57 Å². The number of hydrogen-bond acceptors (Lipinski definition) is 2. The fraction of sp³-hybridized carbons (Fsp3) is 0.176. The molecule has 23 heavy (non-hydrogen) atoms. The maximum absolute atomic E-state index is 12.9. The van der Waals surface area contributed by atoms with Gasteiger partial charge in [0.2, 0.25) is 0 Å². The summed E-state index contributed by atoms with van der Waals surface area (Å²) < 4.78 is 40.4. The number of fused-ring (bicyclic) bond motifs is 1. The van der Waals surface area contributed by atoms with E-state index >= 15 is 0 Å². The first-order valence-corrected chi connectivity index (χ1v) is 6.76. The molecule has 0 aliphatic rings. The third-order valence-corrected chi connectivity index (χ3v) is 3.44. The van der Waals surface area contributed by atoms with Crippen molar-refractivity contribution in [1.82, 2.24) is 9.55 Å². The lowest BCUT2D eigenvalue weighted by atomic mass is 10.1. The summed E-state index contributed by atoms with van der Waals surface area (Å²) in [5, 5.41) is 8.95. The van der Waals surface area contributed by atoms with E-state index in [1.54, 1.807) is 29.8 Å². The van der Waals surface area contributed by atoms with E-state index in [1.165, 1.54) is 13.0 Å². The first kappa shape index (κ1) is 16.6. The highest BCUT2D eigenvalue weighted by Crippen LogP contribution is 2.30. The topological polar surface area (TPSA) is 41.6 Å². The minimum Gasteiger partial charge on any atom is -0.327 e. The van der Waals surface area contributed by atoms with Crippen LogP contribution in [0.3, 0.4) is 0 Å². The van der Waals surface area contributed by atoms with Gasteiger partial charge >= 0.3 is 6.18 Å². The lowest BCUT2D eigenvalue weighted by Crippen LogP contribution is -2.10. The molecular weight excluding hydrogens is 303 g/mol. The zero-order valence-corrected chi connectivity index (χ0v) is 12.6. The summed E-state index contributed by atoms with van der Waals surface area (Å²) in [7, 11) is 1.69. The zero-order valence-electron chi connectivity index (χ0n) is 12.6. The summed E-state index contributed by atoms with van der Waals surface area (Å²) in [5.74, 6) is 0.355. The highest BCUT2D eigenvalue weighted by Gasteiger charge is 2.31. The van der Waals surface area contributed by atoms with E-state index in [1.807, 2.05) is 6.07 Å². The third kappa shape index (κ3) is 3.19. The number of alkyl halides is 3. The largest absolute Gasteiger partial charge is 0.416 e. The van der Waals surface area contributed by atoms with Crippen molar-refractivity contribution in [2.75, 3.05) is 0 Å². The molecule has 0 unspecified atom stereocenters. The standard InChI is InChI=1S/C17H14F3N3/c1-4-12(9-13(5-2)17(18,19)20)16-22-14-7-6-11(10-21)8-15(14)23(16)3/h4-9H,1H2,2-3H3. The number of aromatic nitrogens is 2. The van der Waals surface area contributed by atoms with E-state index in [0.29, 0.717) is 22.4 Å². The van der Waals surface area contributed by atoms with Crippen molar-refractivity contribution in [3.63, 3.8) is 0 Å². The molecule has 2 rings (SSSR count). The van der Waals surface area contributed by atoms with Crippen molar-refractivity contribution in [1.29, 1.82) is 5.26 Å². The van der Waals surface area contributed by atoms with Crippen LogP contribution in [0.4, 0.5) is 13.2 Å². The number of imidazole rings is 1. The monoisotopic (exact) mass is 317 g/mol. The number of hydrogen-bond donors (Lipinski definition) is 0. The van der Waals surface area contributed by atoms with Crippen molar-refractivity contribution in [2.45, 2.75) is 13.1 Å². The van der Waals surface area contributed by atoms with Gasteiger partial charge < -0.3 is 4.57 Å². The van der Waals surface area contributed by atoms with Crippen LogP contribution < -0.4 is 0 Å². The van der Waals surface area contributed by atoms with Crippen LogP contribution >= 0.6 is 0 Å². The molecule has 0 saturated heterocycles. The minimum atomic E-state index is -4.44. The molecule has 0 fully saturated rings. The Morgan fingerprint density at radius 1 is 1.39 bits per heavy atom. The number of nitrogens with zero attached hydrogens (tertiary/aromatic N) is 3. The molecule has 2 aromatic rings. The van der Waals surface area contributed by atoms with E-state index < -0.39 is 11.7 Å². The fourth-order valence-electron chi connectivity index (χ4n) is 2.23. The van der Waals surface area contributed by atoms with Gasteiger partial charge in [0.05, 0.1) is 28.2 Å². The molecule has 3 nitrogen and oxygen atoms in total. The van der Waals surface area contributed by atoms with Crippen molar-refractivity contribution >= 4 is 16.6 Å². The number of benzene rings is 1. The Kier molecular flexibility index (Phi) is 4.41. The third-order valence-electron chi connectivity index (χ3n) is 3.44. The quantitative estimate of drug-likeness (QED) is 0.781. The van der Waals surface area contributed by atoms with Crippen LogP contribution in [0.1, 0.15) is 18.3 Å². The van der Waals surface area contributed by atoms with Crippen LogP contribution in [0.2, 0.25) is 0 Å². The number of allylic oxidation sites excluding steroid dienone is 5. The molecule has 6 heteroatoms. The van der Waals surface area contributed by atoms with Crippen LogP contribution in [0, 0.1) is 11.3 Å². The number of halogens is 3. The van der Waals surface area contributed by atoms with Crippen molar-refractivity contribution in [2.24, 2.45) is 7.05 Å². The van der Waals surface area contributed by atoms with Crippen LogP contribution in [0.5, 0.6) is 0 Å². The lowest BCUT2D eigenvalue weighted by molar-refractivity contribution is -0.0882. The molecule has 0 radical (unpaired) electrons. The Morgan fingerprint density at radius 2 is 2.09 bits per heavy atom. The summed E-state index contributed by atoms with van der Waals surface area (Å²) >= 11 is 0. The Bertz CT molecular complexity index is 862. The van der Waals surface area contributed by atoms with Gasteiger partial charge in [-0.15, -0.1) is 0 Å². The van der Waals surface area contributed by atoms with E-state index in [2.05, 4.69) is 11.6 Å². The predicted octanol–water partition coefficient (Wildman–Crippen LogP) is 4.52. The second kappa shape index (κ2) is 6.13. The zero-order chi connectivity index (χ0) is 17.2. The normalized spacial score (nSPS) is 13.2. The Labute approximate surface area is 131 Å². The predicted molar refractivity (Wildman–Crippen MR) is 83.4 cm³/mol. The molecule has 118 valence electrons. The van der Waals surface area contributed by atoms with Crippen molar-refractivity contribution < 1.29 is 13.2 Å². The molecule has 0 aliphatic carbocycles. The molecule has 0 saturated carbocycles. The molecule has 1 heterocycles. The molecule has 0 bridgehead atoms. The molecule has 0 amide bonds. The van der Waals surface area contributed by atoms with Crippen LogP contribution in [-0.2, 0) is 7.05 Å². The summed E-state index contributed by atoms with van der Waals surface area (Å²) in [6.45, 7) is 4.91. The van der Waals surface area contributed by atoms with Crippen molar-refractivity contribution in [3.8, 4) is 6.07 Å². The molecule has 0 N–H and O–H groups in total. The maximum Gasteiger partial charge on any atom is 0.416 e. The summed E-state index contributed by atoms with van der Waals surface area (Å²) in [6.07, 6.45) is -1.09. The maximum atomic E-state index is 12.9. The lowest BCUT2D eigenvalue weighted by Gasteiger charge is -2.09. The molecule has 1 aromatic carbocycles. The Morgan fingerprint density at radius 3 is 2.61 bits per heavy atom.